The zero-order valence-corrected chi connectivity index (χ0v) is 15.1. The lowest BCUT2D eigenvalue weighted by Gasteiger charge is -2.12. The third-order valence-electron chi connectivity index (χ3n) is 4.25. The molecule has 2 aromatic carbocycles. The van der Waals surface area contributed by atoms with Crippen LogP contribution < -0.4 is 0 Å². The molecule has 0 saturated carbocycles. The molecule has 0 aliphatic heterocycles. The third-order valence-corrected chi connectivity index (χ3v) is 6.32. The van der Waals surface area contributed by atoms with Crippen LogP contribution in [0, 0.1) is 13.8 Å². The number of aromatic nitrogens is 2. The number of hydrogen-bond donors (Lipinski definition) is 0. The molecule has 5 nitrogen and oxygen atoms in total. The first-order valence-electron chi connectivity index (χ1n) is 7.75. The Hall–Kier alpha value is -2.18. The summed E-state index contributed by atoms with van der Waals surface area (Å²) in [6.45, 7) is 4.08. The molecular formula is C18H21N3O2S. The van der Waals surface area contributed by atoms with Crippen molar-refractivity contribution in [2.45, 2.75) is 25.3 Å². The molecule has 6 heteroatoms. The minimum atomic E-state index is -3.50. The van der Waals surface area contributed by atoms with Crippen molar-refractivity contribution in [1.82, 2.24) is 14.1 Å². The van der Waals surface area contributed by atoms with Gasteiger partial charge in [0, 0.05) is 14.1 Å². The molecule has 0 saturated heterocycles. The van der Waals surface area contributed by atoms with E-state index in [2.05, 4.69) is 29.4 Å². The lowest BCUT2D eigenvalue weighted by Crippen LogP contribution is -2.23. The van der Waals surface area contributed by atoms with Crippen molar-refractivity contribution in [3.8, 4) is 0 Å². The summed E-state index contributed by atoms with van der Waals surface area (Å²) >= 11 is 0. The van der Waals surface area contributed by atoms with E-state index >= 15 is 0 Å². The van der Waals surface area contributed by atoms with Crippen molar-refractivity contribution >= 4 is 20.8 Å². The van der Waals surface area contributed by atoms with Gasteiger partial charge in [-0.25, -0.2) is 12.7 Å². The summed E-state index contributed by atoms with van der Waals surface area (Å²) < 4.78 is 28.0. The highest BCUT2D eigenvalue weighted by Gasteiger charge is 2.26. The summed E-state index contributed by atoms with van der Waals surface area (Å²) in [5.41, 5.74) is 2.31. The lowest BCUT2D eigenvalue weighted by atomic mass is 10.0. The van der Waals surface area contributed by atoms with Gasteiger partial charge >= 0.3 is 0 Å². The highest BCUT2D eigenvalue weighted by atomic mass is 32.2. The molecule has 0 radical (unpaired) electrons. The van der Waals surface area contributed by atoms with Crippen LogP contribution in [-0.2, 0) is 16.6 Å². The van der Waals surface area contributed by atoms with E-state index in [0.717, 1.165) is 16.3 Å². The van der Waals surface area contributed by atoms with Crippen molar-refractivity contribution in [3.05, 3.63) is 59.4 Å². The van der Waals surface area contributed by atoms with Crippen LogP contribution in [0.4, 0.5) is 0 Å². The second-order valence-electron chi connectivity index (χ2n) is 6.08. The van der Waals surface area contributed by atoms with Gasteiger partial charge in [0.25, 0.3) is 0 Å². The molecule has 0 N–H and O–H groups in total. The average Bonchev–Trinajstić information content (AvgIpc) is 2.82. The fraction of sp³-hybridized carbons (Fsp3) is 0.278. The molecule has 0 fully saturated rings. The van der Waals surface area contributed by atoms with Gasteiger partial charge in [-0.15, -0.1) is 0 Å². The van der Waals surface area contributed by atoms with Gasteiger partial charge in [-0.05, 0) is 30.2 Å². The molecule has 0 spiro atoms. The minimum absolute atomic E-state index is 0.299. The van der Waals surface area contributed by atoms with E-state index in [1.807, 2.05) is 25.1 Å². The van der Waals surface area contributed by atoms with Crippen molar-refractivity contribution < 1.29 is 8.42 Å². The first-order chi connectivity index (χ1) is 11.3. The maximum atomic E-state index is 12.5. The predicted octanol–water partition coefficient (Wildman–Crippen LogP) is 2.95. The maximum absolute atomic E-state index is 12.5. The van der Waals surface area contributed by atoms with Crippen LogP contribution >= 0.6 is 0 Å². The van der Waals surface area contributed by atoms with E-state index in [-0.39, 0.29) is 0 Å². The smallest absolute Gasteiger partial charge is 0.246 e. The van der Waals surface area contributed by atoms with Crippen molar-refractivity contribution in [3.63, 3.8) is 0 Å². The molecule has 0 bridgehead atoms. The van der Waals surface area contributed by atoms with Crippen LogP contribution in [-0.4, -0.2) is 36.6 Å². The number of aryl methyl sites for hydroxylation is 1. The number of fused-ring (bicyclic) bond motifs is 1. The molecule has 0 aliphatic carbocycles. The van der Waals surface area contributed by atoms with E-state index in [0.29, 0.717) is 22.8 Å². The molecule has 3 aromatic rings. The van der Waals surface area contributed by atoms with Gasteiger partial charge in [0.1, 0.15) is 4.90 Å². The zero-order valence-electron chi connectivity index (χ0n) is 14.3. The highest BCUT2D eigenvalue weighted by Crippen LogP contribution is 2.24. The summed E-state index contributed by atoms with van der Waals surface area (Å²) in [6, 6.07) is 14.3. The molecule has 0 amide bonds. The fourth-order valence-corrected chi connectivity index (χ4v) is 4.24. The molecule has 0 atom stereocenters. The first kappa shape index (κ1) is 16.7. The van der Waals surface area contributed by atoms with Crippen LogP contribution in [0.3, 0.4) is 0 Å². The number of benzene rings is 2. The monoisotopic (exact) mass is 343 g/mol. The fourth-order valence-electron chi connectivity index (χ4n) is 2.98. The minimum Gasteiger partial charge on any atom is -0.264 e. The second kappa shape index (κ2) is 6.03. The van der Waals surface area contributed by atoms with Crippen LogP contribution in [0.15, 0.2) is 47.4 Å². The van der Waals surface area contributed by atoms with Crippen molar-refractivity contribution in [1.29, 1.82) is 0 Å². The van der Waals surface area contributed by atoms with Gasteiger partial charge in [-0.3, -0.25) is 4.68 Å². The summed E-state index contributed by atoms with van der Waals surface area (Å²) in [5, 5.41) is 6.79. The first-order valence-corrected chi connectivity index (χ1v) is 9.19. The molecule has 0 unspecified atom stereocenters. The van der Waals surface area contributed by atoms with Crippen LogP contribution in [0.25, 0.3) is 10.8 Å². The largest absolute Gasteiger partial charge is 0.264 e. The van der Waals surface area contributed by atoms with Gasteiger partial charge in [0.05, 0.1) is 17.9 Å². The Balaban J connectivity index is 2.09. The molecule has 126 valence electrons. The number of nitrogens with zero attached hydrogens (tertiary/aromatic N) is 3. The Morgan fingerprint density at radius 1 is 1.04 bits per heavy atom. The molecule has 24 heavy (non-hydrogen) atoms. The summed E-state index contributed by atoms with van der Waals surface area (Å²) in [6.07, 6.45) is 0. The standard InChI is InChI=1S/C18H21N3O2S/c1-13-18(24(22,23)20(3)4)14(2)21(19-13)12-16-10-7-9-15-8-5-6-11-17(15)16/h5-11H,12H2,1-4H3. The van der Waals surface area contributed by atoms with Crippen LogP contribution in [0.2, 0.25) is 0 Å². The topological polar surface area (TPSA) is 55.2 Å². The number of sulfonamides is 1. The quantitative estimate of drug-likeness (QED) is 0.732. The van der Waals surface area contributed by atoms with Crippen molar-refractivity contribution in [2.75, 3.05) is 14.1 Å². The van der Waals surface area contributed by atoms with Gasteiger partial charge in [-0.2, -0.15) is 5.10 Å². The van der Waals surface area contributed by atoms with Gasteiger partial charge in [-0.1, -0.05) is 42.5 Å². The van der Waals surface area contributed by atoms with E-state index in [1.54, 1.807) is 11.6 Å². The van der Waals surface area contributed by atoms with Crippen LogP contribution in [0.1, 0.15) is 17.0 Å². The van der Waals surface area contributed by atoms with E-state index in [9.17, 15) is 8.42 Å². The van der Waals surface area contributed by atoms with E-state index in [4.69, 9.17) is 0 Å². The van der Waals surface area contributed by atoms with Gasteiger partial charge < -0.3 is 0 Å². The number of rotatable bonds is 4. The Kier molecular flexibility index (Phi) is 4.19. The summed E-state index contributed by atoms with van der Waals surface area (Å²) in [5.74, 6) is 0. The van der Waals surface area contributed by atoms with E-state index in [1.165, 1.54) is 18.4 Å². The Labute approximate surface area is 142 Å². The molecule has 1 heterocycles. The molecule has 3 rings (SSSR count). The molecular weight excluding hydrogens is 322 g/mol. The Morgan fingerprint density at radius 3 is 2.42 bits per heavy atom. The second-order valence-corrected chi connectivity index (χ2v) is 8.17. The normalized spacial score (nSPS) is 12.2. The van der Waals surface area contributed by atoms with Gasteiger partial charge in [0.15, 0.2) is 0 Å². The lowest BCUT2D eigenvalue weighted by molar-refractivity contribution is 0.519. The highest BCUT2D eigenvalue weighted by molar-refractivity contribution is 7.89. The Morgan fingerprint density at radius 2 is 1.71 bits per heavy atom. The summed E-state index contributed by atoms with van der Waals surface area (Å²) in [7, 11) is -0.426. The maximum Gasteiger partial charge on any atom is 0.246 e. The number of hydrogen-bond acceptors (Lipinski definition) is 3. The average molecular weight is 343 g/mol. The molecule has 0 aliphatic rings. The van der Waals surface area contributed by atoms with Crippen molar-refractivity contribution in [2.24, 2.45) is 0 Å². The van der Waals surface area contributed by atoms with Gasteiger partial charge in [0.2, 0.25) is 10.0 Å². The van der Waals surface area contributed by atoms with Crippen LogP contribution in [0.5, 0.6) is 0 Å². The van der Waals surface area contributed by atoms with E-state index < -0.39 is 10.0 Å². The third kappa shape index (κ3) is 2.72. The predicted molar refractivity (Wildman–Crippen MR) is 95.6 cm³/mol. The summed E-state index contributed by atoms with van der Waals surface area (Å²) in [4.78, 5) is 0.299. The Bertz CT molecular complexity index is 999. The zero-order chi connectivity index (χ0) is 17.5. The SMILES string of the molecule is Cc1nn(Cc2cccc3ccccc23)c(C)c1S(=O)(=O)N(C)C. The molecule has 1 aromatic heterocycles.